The zero-order valence-electron chi connectivity index (χ0n) is 11.4. The largest absolute Gasteiger partial charge is 0.494 e. The third-order valence-electron chi connectivity index (χ3n) is 2.36. The third kappa shape index (κ3) is 5.71. The highest BCUT2D eigenvalue weighted by Gasteiger charge is 2.13. The van der Waals surface area contributed by atoms with Gasteiger partial charge in [-0.05, 0) is 45.5 Å². The highest BCUT2D eigenvalue weighted by atomic mass is 16.5. The van der Waals surface area contributed by atoms with Crippen LogP contribution in [0, 0.1) is 0 Å². The van der Waals surface area contributed by atoms with Gasteiger partial charge in [-0.15, -0.1) is 0 Å². The molecule has 0 aromatic heterocycles. The Morgan fingerprint density at radius 1 is 1.24 bits per heavy atom. The van der Waals surface area contributed by atoms with Gasteiger partial charge in [-0.3, -0.25) is 0 Å². The Morgan fingerprint density at radius 3 is 2.29 bits per heavy atom. The second-order valence-corrected chi connectivity index (χ2v) is 5.24. The average Bonchev–Trinajstić information content (AvgIpc) is 2.18. The zero-order chi connectivity index (χ0) is 12.9. The molecular weight excluding hydrogens is 212 g/mol. The second kappa shape index (κ2) is 6.03. The van der Waals surface area contributed by atoms with Gasteiger partial charge >= 0.3 is 0 Å². The summed E-state index contributed by atoms with van der Waals surface area (Å²) >= 11 is 0. The molecule has 0 atom stereocenters. The van der Waals surface area contributed by atoms with Gasteiger partial charge in [0, 0.05) is 18.6 Å². The van der Waals surface area contributed by atoms with Crippen molar-refractivity contribution in [2.45, 2.75) is 32.9 Å². The zero-order valence-corrected chi connectivity index (χ0v) is 11.4. The van der Waals surface area contributed by atoms with Crippen LogP contribution in [0.3, 0.4) is 0 Å². The molecule has 0 fully saturated rings. The van der Waals surface area contributed by atoms with Gasteiger partial charge < -0.3 is 15.4 Å². The Morgan fingerprint density at radius 2 is 1.82 bits per heavy atom. The van der Waals surface area contributed by atoms with Gasteiger partial charge in [0.1, 0.15) is 5.75 Å². The summed E-state index contributed by atoms with van der Waals surface area (Å²) in [5, 5.41) is 0. The van der Waals surface area contributed by atoms with Gasteiger partial charge in [-0.25, -0.2) is 0 Å². The van der Waals surface area contributed by atoms with E-state index in [2.05, 4.69) is 24.1 Å². The minimum atomic E-state index is -0.153. The first-order chi connectivity index (χ1) is 7.90. The van der Waals surface area contributed by atoms with Gasteiger partial charge in [-0.1, -0.05) is 12.1 Å². The van der Waals surface area contributed by atoms with Crippen LogP contribution in [0.4, 0.5) is 0 Å². The predicted molar refractivity (Wildman–Crippen MR) is 72.2 cm³/mol. The smallest absolute Gasteiger partial charge is 0.119 e. The molecule has 0 spiro atoms. The van der Waals surface area contributed by atoms with E-state index in [0.29, 0.717) is 6.61 Å². The minimum Gasteiger partial charge on any atom is -0.494 e. The lowest BCUT2D eigenvalue weighted by Crippen LogP contribution is -2.43. The Kier molecular flexibility index (Phi) is 4.97. The van der Waals surface area contributed by atoms with Crippen LogP contribution in [0.15, 0.2) is 24.3 Å². The van der Waals surface area contributed by atoms with E-state index in [1.54, 1.807) is 0 Å². The lowest BCUT2D eigenvalue weighted by molar-refractivity contribution is 0.263. The first-order valence-electron chi connectivity index (χ1n) is 6.10. The van der Waals surface area contributed by atoms with Gasteiger partial charge in [0.2, 0.25) is 0 Å². The number of benzene rings is 1. The van der Waals surface area contributed by atoms with Gasteiger partial charge in [0.15, 0.2) is 0 Å². The Hall–Kier alpha value is -1.06. The lowest BCUT2D eigenvalue weighted by Gasteiger charge is -2.26. The number of rotatable bonds is 6. The van der Waals surface area contributed by atoms with Crippen LogP contribution < -0.4 is 10.5 Å². The summed E-state index contributed by atoms with van der Waals surface area (Å²) in [5.74, 6) is 0.929. The van der Waals surface area contributed by atoms with Crippen LogP contribution in [0.1, 0.15) is 26.3 Å². The van der Waals surface area contributed by atoms with E-state index in [1.807, 2.05) is 32.9 Å². The first kappa shape index (κ1) is 14.0. The molecule has 0 heterocycles. The molecule has 2 N–H and O–H groups in total. The topological polar surface area (TPSA) is 38.5 Å². The second-order valence-electron chi connectivity index (χ2n) is 5.24. The molecule has 96 valence electrons. The molecule has 0 unspecified atom stereocenters. The molecular formula is C14H24N2O. The predicted octanol–water partition coefficient (Wildman–Crippen LogP) is 2.25. The van der Waals surface area contributed by atoms with Crippen LogP contribution in [-0.2, 0) is 6.54 Å². The molecule has 3 heteroatoms. The number of likely N-dealkylation sites (N-methyl/N-ethyl adjacent to an activating group) is 1. The maximum atomic E-state index is 5.99. The molecule has 0 amide bonds. The molecule has 1 aromatic rings. The van der Waals surface area contributed by atoms with E-state index in [-0.39, 0.29) is 5.54 Å². The van der Waals surface area contributed by atoms with Crippen molar-refractivity contribution in [3.63, 3.8) is 0 Å². The van der Waals surface area contributed by atoms with Crippen molar-refractivity contribution in [1.82, 2.24) is 4.90 Å². The molecule has 0 aliphatic heterocycles. The normalized spacial score (nSPS) is 11.9. The summed E-state index contributed by atoms with van der Waals surface area (Å²) in [7, 11) is 2.09. The number of hydrogen-bond donors (Lipinski definition) is 1. The summed E-state index contributed by atoms with van der Waals surface area (Å²) in [6.07, 6.45) is 0. The standard InChI is InChI=1S/C14H24N2O/c1-5-17-13-8-6-12(7-9-13)10-16(4)11-14(2,3)15/h6-9H,5,10-11,15H2,1-4H3. The SMILES string of the molecule is CCOc1ccc(CN(C)CC(C)(C)N)cc1. The van der Waals surface area contributed by atoms with Gasteiger partial charge in [-0.2, -0.15) is 0 Å². The van der Waals surface area contributed by atoms with Crippen LogP contribution in [-0.4, -0.2) is 30.6 Å². The summed E-state index contributed by atoms with van der Waals surface area (Å²) in [6, 6.07) is 8.23. The molecule has 0 saturated heterocycles. The van der Waals surface area contributed by atoms with Crippen molar-refractivity contribution < 1.29 is 4.74 Å². The molecule has 3 nitrogen and oxygen atoms in total. The maximum absolute atomic E-state index is 5.99. The van der Waals surface area contributed by atoms with Crippen molar-refractivity contribution >= 4 is 0 Å². The lowest BCUT2D eigenvalue weighted by atomic mass is 10.1. The van der Waals surface area contributed by atoms with E-state index < -0.39 is 0 Å². The van der Waals surface area contributed by atoms with Gasteiger partial charge in [0.05, 0.1) is 6.61 Å². The van der Waals surface area contributed by atoms with Crippen molar-refractivity contribution in [2.24, 2.45) is 5.73 Å². The van der Waals surface area contributed by atoms with Crippen molar-refractivity contribution in [2.75, 3.05) is 20.2 Å². The van der Waals surface area contributed by atoms with E-state index in [9.17, 15) is 0 Å². The summed E-state index contributed by atoms with van der Waals surface area (Å²) < 4.78 is 5.41. The fourth-order valence-corrected chi connectivity index (χ4v) is 1.92. The molecule has 0 radical (unpaired) electrons. The van der Waals surface area contributed by atoms with Crippen LogP contribution in [0.5, 0.6) is 5.75 Å². The molecule has 0 aliphatic rings. The fraction of sp³-hybridized carbons (Fsp3) is 0.571. The number of nitrogens with two attached hydrogens (primary N) is 1. The van der Waals surface area contributed by atoms with E-state index >= 15 is 0 Å². The molecule has 1 rings (SSSR count). The van der Waals surface area contributed by atoms with Crippen molar-refractivity contribution in [3.8, 4) is 5.75 Å². The van der Waals surface area contributed by atoms with Gasteiger partial charge in [0.25, 0.3) is 0 Å². The Bertz CT molecular complexity index is 327. The average molecular weight is 236 g/mol. The van der Waals surface area contributed by atoms with Crippen LogP contribution in [0.25, 0.3) is 0 Å². The fourth-order valence-electron chi connectivity index (χ4n) is 1.92. The number of ether oxygens (including phenoxy) is 1. The summed E-state index contributed by atoms with van der Waals surface area (Å²) in [4.78, 5) is 2.23. The Balaban J connectivity index is 2.51. The monoisotopic (exact) mass is 236 g/mol. The van der Waals surface area contributed by atoms with E-state index in [4.69, 9.17) is 10.5 Å². The van der Waals surface area contributed by atoms with Crippen LogP contribution >= 0.6 is 0 Å². The number of hydrogen-bond acceptors (Lipinski definition) is 3. The molecule has 0 bridgehead atoms. The number of nitrogens with zero attached hydrogens (tertiary/aromatic N) is 1. The first-order valence-corrected chi connectivity index (χ1v) is 6.10. The van der Waals surface area contributed by atoms with E-state index in [0.717, 1.165) is 18.8 Å². The van der Waals surface area contributed by atoms with E-state index in [1.165, 1.54) is 5.56 Å². The van der Waals surface area contributed by atoms with Crippen molar-refractivity contribution in [3.05, 3.63) is 29.8 Å². The molecule has 1 aromatic carbocycles. The molecule has 0 saturated carbocycles. The molecule has 0 aliphatic carbocycles. The highest BCUT2D eigenvalue weighted by Crippen LogP contribution is 2.13. The molecule has 17 heavy (non-hydrogen) atoms. The van der Waals surface area contributed by atoms with Crippen LogP contribution in [0.2, 0.25) is 0 Å². The third-order valence-corrected chi connectivity index (χ3v) is 2.36. The van der Waals surface area contributed by atoms with Crippen molar-refractivity contribution in [1.29, 1.82) is 0 Å². The highest BCUT2D eigenvalue weighted by molar-refractivity contribution is 5.27. The summed E-state index contributed by atoms with van der Waals surface area (Å²) in [6.45, 7) is 8.57. The minimum absolute atomic E-state index is 0.153. The maximum Gasteiger partial charge on any atom is 0.119 e. The quantitative estimate of drug-likeness (QED) is 0.823. The summed E-state index contributed by atoms with van der Waals surface area (Å²) in [5.41, 5.74) is 7.12. The Labute approximate surface area is 105 Å².